The first kappa shape index (κ1) is 25.7. The third-order valence-corrected chi connectivity index (χ3v) is 9.76. The second-order valence-electron chi connectivity index (χ2n) is 9.87. The summed E-state index contributed by atoms with van der Waals surface area (Å²) in [5.74, 6) is 0.243. The van der Waals surface area contributed by atoms with Crippen LogP contribution in [0.5, 0.6) is 0 Å². The van der Waals surface area contributed by atoms with Gasteiger partial charge < -0.3 is 10.4 Å². The molecule has 3 aromatic rings. The molecule has 11 heteroatoms. The van der Waals surface area contributed by atoms with Gasteiger partial charge in [-0.05, 0) is 65.0 Å². The van der Waals surface area contributed by atoms with Gasteiger partial charge in [0.2, 0.25) is 10.0 Å². The van der Waals surface area contributed by atoms with Gasteiger partial charge >= 0.3 is 6.09 Å². The molecule has 2 heterocycles. The Hall–Kier alpha value is -2.34. The van der Waals surface area contributed by atoms with E-state index in [1.807, 2.05) is 39.8 Å². The van der Waals surface area contributed by atoms with Crippen LogP contribution in [0.2, 0.25) is 0 Å². The van der Waals surface area contributed by atoms with Crippen LogP contribution in [0.25, 0.3) is 20.9 Å². The number of aryl methyl sites for hydroxylation is 1. The maximum absolute atomic E-state index is 13.5. The second-order valence-corrected chi connectivity index (χ2v) is 13.8. The molecule has 35 heavy (non-hydrogen) atoms. The van der Waals surface area contributed by atoms with Crippen molar-refractivity contribution in [2.24, 2.45) is 0 Å². The highest BCUT2D eigenvalue weighted by Crippen LogP contribution is 2.40. The number of benzene rings is 1. The number of thiazole rings is 2. The monoisotopic (exact) mass is 534 g/mol. The topological polar surface area (TPSA) is 121 Å². The lowest BCUT2D eigenvalue weighted by atomic mass is 9.86. The summed E-state index contributed by atoms with van der Waals surface area (Å²) in [7, 11) is -3.81. The Kier molecular flexibility index (Phi) is 7.33. The van der Waals surface area contributed by atoms with Crippen LogP contribution in [0.1, 0.15) is 62.4 Å². The van der Waals surface area contributed by atoms with Crippen molar-refractivity contribution in [3.63, 3.8) is 0 Å². The molecule has 4 rings (SSSR count). The molecule has 0 bridgehead atoms. The zero-order valence-corrected chi connectivity index (χ0v) is 22.6. The first-order valence-corrected chi connectivity index (χ1v) is 14.6. The summed E-state index contributed by atoms with van der Waals surface area (Å²) in [5.41, 5.74) is 0.800. The number of carbonyl (C=O) groups is 1. The Balaban J connectivity index is 1.67. The maximum atomic E-state index is 13.5. The molecule has 2 aromatic heterocycles. The predicted molar refractivity (Wildman–Crippen MR) is 140 cm³/mol. The van der Waals surface area contributed by atoms with Gasteiger partial charge in [0.15, 0.2) is 0 Å². The summed E-state index contributed by atoms with van der Waals surface area (Å²) in [6.07, 6.45) is 5.76. The largest absolute Gasteiger partial charge is 0.465 e. The van der Waals surface area contributed by atoms with Crippen LogP contribution in [0.4, 0.5) is 4.79 Å². The SMILES string of the molecule is Cc1ncc(-c2ccc(-c3cnc(C4CCC(NC(=O)O)CC4)s3)c(S(=O)(=O)NC(C)(C)C)c2)s1. The quantitative estimate of drug-likeness (QED) is 0.378. The third-order valence-electron chi connectivity index (χ3n) is 5.81. The number of nitrogens with one attached hydrogen (secondary N) is 2. The van der Waals surface area contributed by atoms with Crippen molar-refractivity contribution < 1.29 is 18.3 Å². The Labute approximate surface area is 213 Å². The molecule has 1 fully saturated rings. The van der Waals surface area contributed by atoms with Crippen LogP contribution in [-0.2, 0) is 10.0 Å². The minimum absolute atomic E-state index is 0.0219. The summed E-state index contributed by atoms with van der Waals surface area (Å²) >= 11 is 3.04. The molecule has 1 saturated carbocycles. The van der Waals surface area contributed by atoms with Gasteiger partial charge in [-0.3, -0.25) is 0 Å². The van der Waals surface area contributed by atoms with Gasteiger partial charge in [0.1, 0.15) is 0 Å². The Morgan fingerprint density at radius 3 is 2.34 bits per heavy atom. The first-order valence-electron chi connectivity index (χ1n) is 11.5. The molecule has 1 aliphatic rings. The minimum Gasteiger partial charge on any atom is -0.465 e. The lowest BCUT2D eigenvalue weighted by Gasteiger charge is -2.27. The Morgan fingerprint density at radius 2 is 1.74 bits per heavy atom. The third kappa shape index (κ3) is 6.27. The standard InChI is InChI=1S/C24H30N4O4S3/c1-14-25-12-19(33-14)16-7-10-18(21(11-16)35(31,32)28-24(2,3)4)20-13-26-22(34-20)15-5-8-17(9-6-15)27-23(29)30/h7,10-13,15,17,27-28H,5-6,8-9H2,1-4H3,(H,29,30). The van der Waals surface area contributed by atoms with E-state index in [-0.39, 0.29) is 16.9 Å². The summed E-state index contributed by atoms with van der Waals surface area (Å²) < 4.78 is 29.7. The normalized spacial score (nSPS) is 19.0. The van der Waals surface area contributed by atoms with E-state index in [9.17, 15) is 13.2 Å². The minimum atomic E-state index is -3.81. The molecular weight excluding hydrogens is 504 g/mol. The van der Waals surface area contributed by atoms with Crippen LogP contribution < -0.4 is 10.0 Å². The summed E-state index contributed by atoms with van der Waals surface area (Å²) in [6.45, 7) is 7.38. The van der Waals surface area contributed by atoms with Gasteiger partial charge in [-0.2, -0.15) is 0 Å². The van der Waals surface area contributed by atoms with E-state index >= 15 is 0 Å². The molecule has 0 radical (unpaired) electrons. The van der Waals surface area contributed by atoms with Crippen LogP contribution in [0, 0.1) is 6.92 Å². The van der Waals surface area contributed by atoms with Gasteiger partial charge in [0, 0.05) is 35.5 Å². The second kappa shape index (κ2) is 9.96. The van der Waals surface area contributed by atoms with Crippen molar-refractivity contribution in [1.29, 1.82) is 0 Å². The molecule has 0 spiro atoms. The van der Waals surface area contributed by atoms with E-state index in [1.165, 1.54) is 22.7 Å². The molecule has 0 aliphatic heterocycles. The van der Waals surface area contributed by atoms with Crippen molar-refractivity contribution >= 4 is 38.8 Å². The predicted octanol–water partition coefficient (Wildman–Crippen LogP) is 5.61. The molecular formula is C24H30N4O4S3. The van der Waals surface area contributed by atoms with Crippen molar-refractivity contribution in [2.75, 3.05) is 0 Å². The molecule has 3 N–H and O–H groups in total. The van der Waals surface area contributed by atoms with Crippen LogP contribution in [-0.4, -0.2) is 41.2 Å². The van der Waals surface area contributed by atoms with Crippen LogP contribution in [0.3, 0.4) is 0 Å². The highest BCUT2D eigenvalue weighted by molar-refractivity contribution is 7.89. The Bertz CT molecular complexity index is 1320. The highest BCUT2D eigenvalue weighted by Gasteiger charge is 2.29. The number of carboxylic acid groups (broad SMARTS) is 1. The van der Waals surface area contributed by atoms with E-state index in [2.05, 4.69) is 20.0 Å². The summed E-state index contributed by atoms with van der Waals surface area (Å²) in [4.78, 5) is 21.8. The van der Waals surface area contributed by atoms with Gasteiger partial charge in [0.05, 0.1) is 24.7 Å². The maximum Gasteiger partial charge on any atom is 0.404 e. The highest BCUT2D eigenvalue weighted by atomic mass is 32.2. The average molecular weight is 535 g/mol. The summed E-state index contributed by atoms with van der Waals surface area (Å²) in [5, 5.41) is 13.4. The lowest BCUT2D eigenvalue weighted by molar-refractivity contribution is 0.185. The number of hydrogen-bond acceptors (Lipinski definition) is 7. The number of nitrogens with zero attached hydrogens (tertiary/aromatic N) is 2. The molecule has 0 saturated heterocycles. The summed E-state index contributed by atoms with van der Waals surface area (Å²) in [6, 6.07) is 5.48. The van der Waals surface area contributed by atoms with Gasteiger partial charge in [0.25, 0.3) is 0 Å². The molecule has 1 aliphatic carbocycles. The van der Waals surface area contributed by atoms with Crippen LogP contribution >= 0.6 is 22.7 Å². The number of hydrogen-bond donors (Lipinski definition) is 3. The first-order chi connectivity index (χ1) is 16.4. The van der Waals surface area contributed by atoms with Crippen LogP contribution in [0.15, 0.2) is 35.5 Å². The smallest absolute Gasteiger partial charge is 0.404 e. The van der Waals surface area contributed by atoms with E-state index in [4.69, 9.17) is 5.11 Å². The molecule has 188 valence electrons. The number of amides is 1. The lowest BCUT2D eigenvalue weighted by Crippen LogP contribution is -2.40. The molecule has 0 atom stereocenters. The zero-order chi connectivity index (χ0) is 25.4. The molecule has 1 aromatic carbocycles. The Morgan fingerprint density at radius 1 is 1.06 bits per heavy atom. The van der Waals surface area contributed by atoms with Crippen molar-refractivity contribution in [2.45, 2.75) is 75.8 Å². The molecule has 8 nitrogen and oxygen atoms in total. The van der Waals surface area contributed by atoms with E-state index in [1.54, 1.807) is 18.5 Å². The fourth-order valence-corrected chi connectivity index (χ4v) is 7.95. The van der Waals surface area contributed by atoms with E-state index in [0.29, 0.717) is 5.56 Å². The van der Waals surface area contributed by atoms with Gasteiger partial charge in [-0.25, -0.2) is 27.9 Å². The molecule has 1 amide bonds. The zero-order valence-electron chi connectivity index (χ0n) is 20.2. The van der Waals surface area contributed by atoms with Gasteiger partial charge in [-0.1, -0.05) is 12.1 Å². The van der Waals surface area contributed by atoms with Crippen molar-refractivity contribution in [3.05, 3.63) is 40.6 Å². The van der Waals surface area contributed by atoms with Crippen molar-refractivity contribution in [3.8, 4) is 20.9 Å². The fourth-order valence-electron chi connectivity index (χ4n) is 4.31. The fraction of sp³-hybridized carbons (Fsp3) is 0.458. The number of rotatable bonds is 6. The van der Waals surface area contributed by atoms with E-state index in [0.717, 1.165) is 51.0 Å². The molecule has 0 unspecified atom stereocenters. The van der Waals surface area contributed by atoms with Crippen molar-refractivity contribution in [1.82, 2.24) is 20.0 Å². The number of sulfonamides is 1. The van der Waals surface area contributed by atoms with Gasteiger partial charge in [-0.15, -0.1) is 22.7 Å². The van der Waals surface area contributed by atoms with E-state index < -0.39 is 21.7 Å². The average Bonchev–Trinajstić information content (AvgIpc) is 3.41. The number of aromatic nitrogens is 2.